The maximum atomic E-state index is 12.9. The number of nitrogens with zero attached hydrogens (tertiary/aromatic N) is 5. The Bertz CT molecular complexity index is 819. The molecule has 0 bridgehead atoms. The minimum absolute atomic E-state index is 0. The zero-order valence-corrected chi connectivity index (χ0v) is 17.9. The van der Waals surface area contributed by atoms with E-state index in [9.17, 15) is 13.2 Å². The summed E-state index contributed by atoms with van der Waals surface area (Å²) in [6.07, 6.45) is -1.19. The molecule has 2 aromatic rings. The van der Waals surface area contributed by atoms with Gasteiger partial charge in [0.15, 0.2) is 17.4 Å². The second kappa shape index (κ2) is 8.19. The second-order valence-corrected chi connectivity index (χ2v) is 7.00. The minimum Gasteiger partial charge on any atom is -0.349 e. The van der Waals surface area contributed by atoms with E-state index in [4.69, 9.17) is 0 Å². The van der Waals surface area contributed by atoms with Crippen molar-refractivity contribution in [1.29, 1.82) is 0 Å². The van der Waals surface area contributed by atoms with E-state index in [0.717, 1.165) is 44.2 Å². The molecular formula is C17H24F3IN6. The number of aromatic nitrogens is 3. The number of alkyl halides is 3. The number of rotatable bonds is 3. The predicted octanol–water partition coefficient (Wildman–Crippen LogP) is 3.56. The van der Waals surface area contributed by atoms with Gasteiger partial charge < -0.3 is 10.2 Å². The smallest absolute Gasteiger partial charge is 0.349 e. The average Bonchev–Trinajstić information content (AvgIpc) is 3.19. The Balaban J connectivity index is 0.00000261. The van der Waals surface area contributed by atoms with E-state index in [1.54, 1.807) is 7.05 Å². The van der Waals surface area contributed by atoms with E-state index < -0.39 is 11.7 Å². The van der Waals surface area contributed by atoms with E-state index in [0.29, 0.717) is 11.5 Å². The Morgan fingerprint density at radius 2 is 2.07 bits per heavy atom. The molecule has 1 N–H and O–H groups in total. The fourth-order valence-electron chi connectivity index (χ4n) is 3.21. The van der Waals surface area contributed by atoms with Crippen LogP contribution >= 0.6 is 24.0 Å². The number of hydrogen-bond acceptors (Lipinski definition) is 3. The molecule has 1 atom stereocenters. The number of likely N-dealkylation sites (tertiary alicyclic amines) is 1. The van der Waals surface area contributed by atoms with Gasteiger partial charge in [-0.2, -0.15) is 13.2 Å². The molecule has 0 aromatic carbocycles. The first-order chi connectivity index (χ1) is 12.3. The van der Waals surface area contributed by atoms with Gasteiger partial charge in [0.1, 0.15) is 0 Å². The molecule has 0 aliphatic carbocycles. The molecule has 0 amide bonds. The van der Waals surface area contributed by atoms with Crippen LogP contribution in [0.1, 0.15) is 38.1 Å². The average molecular weight is 496 g/mol. The van der Waals surface area contributed by atoms with Gasteiger partial charge in [-0.05, 0) is 30.4 Å². The zero-order chi connectivity index (χ0) is 18.9. The number of guanidine groups is 1. The molecule has 0 radical (unpaired) electrons. The molecule has 2 aromatic heterocycles. The maximum absolute atomic E-state index is 12.9. The highest BCUT2D eigenvalue weighted by Crippen LogP contribution is 2.33. The lowest BCUT2D eigenvalue weighted by atomic mass is 9.87. The fourth-order valence-corrected chi connectivity index (χ4v) is 3.21. The van der Waals surface area contributed by atoms with Gasteiger partial charge in [-0.1, -0.05) is 13.8 Å². The Morgan fingerprint density at radius 3 is 2.67 bits per heavy atom. The summed E-state index contributed by atoms with van der Waals surface area (Å²) in [7, 11) is 1.70. The minimum atomic E-state index is -4.40. The highest BCUT2D eigenvalue weighted by molar-refractivity contribution is 14.0. The van der Waals surface area contributed by atoms with Gasteiger partial charge in [0, 0.05) is 26.3 Å². The Hall–Kier alpha value is -1.59. The van der Waals surface area contributed by atoms with Gasteiger partial charge in [-0.25, -0.2) is 0 Å². The number of halogens is 4. The third-order valence-electron chi connectivity index (χ3n) is 5.13. The van der Waals surface area contributed by atoms with Crippen LogP contribution in [-0.2, 0) is 12.7 Å². The van der Waals surface area contributed by atoms with Crippen LogP contribution < -0.4 is 5.32 Å². The van der Waals surface area contributed by atoms with Crippen LogP contribution in [0.3, 0.4) is 0 Å². The van der Waals surface area contributed by atoms with Crippen LogP contribution in [0.25, 0.3) is 5.65 Å². The van der Waals surface area contributed by atoms with Gasteiger partial charge in [0.25, 0.3) is 0 Å². The predicted molar refractivity (Wildman–Crippen MR) is 108 cm³/mol. The largest absolute Gasteiger partial charge is 0.417 e. The maximum Gasteiger partial charge on any atom is 0.417 e. The van der Waals surface area contributed by atoms with Crippen molar-refractivity contribution in [3.8, 4) is 0 Å². The Labute approximate surface area is 173 Å². The van der Waals surface area contributed by atoms with Crippen molar-refractivity contribution >= 4 is 35.6 Å². The molecule has 1 aliphatic heterocycles. The standard InChI is InChI=1S/C17H23F3N6.HI/c1-4-16(2)7-8-25(11-16)15(21-3)22-9-14-24-23-13-6-5-12(10-26(13)14)17(18,19)20;/h5-6,10H,4,7-9,11H2,1-3H3,(H,21,22);1H. The molecular weight excluding hydrogens is 472 g/mol. The first-order valence-corrected chi connectivity index (χ1v) is 8.62. The summed E-state index contributed by atoms with van der Waals surface area (Å²) in [4.78, 5) is 6.47. The van der Waals surface area contributed by atoms with Crippen LogP contribution in [0.4, 0.5) is 13.2 Å². The van der Waals surface area contributed by atoms with Crippen LogP contribution in [0.2, 0.25) is 0 Å². The van der Waals surface area contributed by atoms with Crippen molar-refractivity contribution < 1.29 is 13.2 Å². The monoisotopic (exact) mass is 496 g/mol. The first-order valence-electron chi connectivity index (χ1n) is 8.62. The summed E-state index contributed by atoms with van der Waals surface area (Å²) in [5.41, 5.74) is -0.0842. The van der Waals surface area contributed by atoms with Gasteiger partial charge >= 0.3 is 6.18 Å². The van der Waals surface area contributed by atoms with Crippen LogP contribution in [0.5, 0.6) is 0 Å². The van der Waals surface area contributed by atoms with Gasteiger partial charge in [0.2, 0.25) is 0 Å². The lowest BCUT2D eigenvalue weighted by molar-refractivity contribution is -0.137. The summed E-state index contributed by atoms with van der Waals surface area (Å²) in [5.74, 6) is 1.13. The zero-order valence-electron chi connectivity index (χ0n) is 15.5. The van der Waals surface area contributed by atoms with Gasteiger partial charge in [-0.15, -0.1) is 34.2 Å². The van der Waals surface area contributed by atoms with E-state index in [1.807, 2.05) is 0 Å². The van der Waals surface area contributed by atoms with Crippen LogP contribution in [0, 0.1) is 5.41 Å². The highest BCUT2D eigenvalue weighted by atomic mass is 127. The first kappa shape index (κ1) is 21.7. The number of aliphatic imine (C=N–C) groups is 1. The van der Waals surface area contributed by atoms with Crippen LogP contribution in [-0.4, -0.2) is 45.6 Å². The molecule has 1 saturated heterocycles. The fraction of sp³-hybridized carbons (Fsp3) is 0.588. The number of fused-ring (bicyclic) bond motifs is 1. The number of hydrogen-bond donors (Lipinski definition) is 1. The molecule has 6 nitrogen and oxygen atoms in total. The topological polar surface area (TPSA) is 57.8 Å². The highest BCUT2D eigenvalue weighted by Gasteiger charge is 2.34. The SMILES string of the molecule is CCC1(C)CCN(C(=NC)NCc2nnc3ccc(C(F)(F)F)cn23)C1.I. The van der Waals surface area contributed by atoms with Crippen molar-refractivity contribution in [2.75, 3.05) is 20.1 Å². The molecule has 0 saturated carbocycles. The molecule has 1 unspecified atom stereocenters. The van der Waals surface area contributed by atoms with Crippen molar-refractivity contribution in [2.24, 2.45) is 10.4 Å². The third kappa shape index (κ3) is 4.64. The summed E-state index contributed by atoms with van der Waals surface area (Å²) in [6, 6.07) is 2.33. The van der Waals surface area contributed by atoms with Gasteiger partial charge in [-0.3, -0.25) is 9.39 Å². The molecule has 27 heavy (non-hydrogen) atoms. The molecule has 1 aliphatic rings. The van der Waals surface area contributed by atoms with E-state index >= 15 is 0 Å². The second-order valence-electron chi connectivity index (χ2n) is 7.00. The third-order valence-corrected chi connectivity index (χ3v) is 5.13. The van der Waals surface area contributed by atoms with E-state index in [1.165, 1.54) is 10.5 Å². The summed E-state index contributed by atoms with van der Waals surface area (Å²) in [5, 5.41) is 11.1. The van der Waals surface area contributed by atoms with Crippen molar-refractivity contribution in [3.05, 3.63) is 29.7 Å². The molecule has 1 fully saturated rings. The van der Waals surface area contributed by atoms with E-state index in [-0.39, 0.29) is 35.9 Å². The van der Waals surface area contributed by atoms with Gasteiger partial charge in [0.05, 0.1) is 12.1 Å². The molecule has 0 spiro atoms. The number of pyridine rings is 1. The Kier molecular flexibility index (Phi) is 6.59. The summed E-state index contributed by atoms with van der Waals surface area (Å²) in [6.45, 7) is 6.49. The molecule has 3 rings (SSSR count). The lowest BCUT2D eigenvalue weighted by Crippen LogP contribution is -2.40. The quantitative estimate of drug-likeness (QED) is 0.401. The molecule has 10 heteroatoms. The Morgan fingerprint density at radius 1 is 1.33 bits per heavy atom. The van der Waals surface area contributed by atoms with Crippen molar-refractivity contribution in [3.63, 3.8) is 0 Å². The van der Waals surface area contributed by atoms with Crippen LogP contribution in [0.15, 0.2) is 23.3 Å². The normalized spacial score (nSPS) is 20.8. The lowest BCUT2D eigenvalue weighted by Gasteiger charge is -2.25. The van der Waals surface area contributed by atoms with Crippen molar-refractivity contribution in [1.82, 2.24) is 24.8 Å². The molecule has 150 valence electrons. The summed E-state index contributed by atoms with van der Waals surface area (Å²) >= 11 is 0. The number of nitrogens with one attached hydrogen (secondary N) is 1. The van der Waals surface area contributed by atoms with E-state index in [2.05, 4.69) is 39.3 Å². The van der Waals surface area contributed by atoms with Crippen molar-refractivity contribution in [2.45, 2.75) is 39.4 Å². The summed E-state index contributed by atoms with van der Waals surface area (Å²) < 4.78 is 40.2. The molecule has 3 heterocycles.